The molecule has 0 aliphatic heterocycles. The van der Waals surface area contributed by atoms with Crippen molar-refractivity contribution in [1.82, 2.24) is 5.32 Å². The third-order valence-corrected chi connectivity index (χ3v) is 1.13. The zero-order chi connectivity index (χ0) is 10.5. The van der Waals surface area contributed by atoms with Gasteiger partial charge >= 0.3 is 0 Å². The number of amides is 1. The summed E-state index contributed by atoms with van der Waals surface area (Å²) in [7, 11) is 0. The van der Waals surface area contributed by atoms with Gasteiger partial charge in [-0.05, 0) is 27.7 Å². The zero-order valence-electron chi connectivity index (χ0n) is 8.89. The summed E-state index contributed by atoms with van der Waals surface area (Å²) in [6.45, 7) is 8.11. The monoisotopic (exact) mass is 188 g/mol. The van der Waals surface area contributed by atoms with E-state index in [9.17, 15) is 4.79 Å². The normalized spacial score (nSPS) is 13.9. The van der Waals surface area contributed by atoms with E-state index < -0.39 is 0 Å². The highest BCUT2D eigenvalue weighted by Gasteiger charge is 2.13. The quantitative estimate of drug-likeness (QED) is 0.665. The van der Waals surface area contributed by atoms with Crippen molar-refractivity contribution < 1.29 is 9.53 Å². The van der Waals surface area contributed by atoms with E-state index in [4.69, 9.17) is 10.5 Å². The van der Waals surface area contributed by atoms with Crippen molar-refractivity contribution in [2.45, 2.75) is 39.3 Å². The van der Waals surface area contributed by atoms with E-state index in [0.717, 1.165) is 0 Å². The SMILES string of the molecule is C[C@@H](N)COCC(=O)NC(C)(C)C. The third kappa shape index (κ3) is 9.30. The molecule has 0 aromatic carbocycles. The van der Waals surface area contributed by atoms with Crippen molar-refractivity contribution in [3.63, 3.8) is 0 Å². The van der Waals surface area contributed by atoms with Crippen molar-refractivity contribution in [3.8, 4) is 0 Å². The Labute approximate surface area is 79.8 Å². The fourth-order valence-electron chi connectivity index (χ4n) is 0.792. The lowest BCUT2D eigenvalue weighted by Gasteiger charge is -2.20. The molecule has 0 saturated heterocycles. The standard InChI is InChI=1S/C9H20N2O2/c1-7(10)5-13-6-8(12)11-9(2,3)4/h7H,5-6,10H2,1-4H3,(H,11,12)/t7-/m1/s1. The number of hydrogen-bond donors (Lipinski definition) is 2. The molecule has 0 bridgehead atoms. The lowest BCUT2D eigenvalue weighted by atomic mass is 10.1. The Bertz CT molecular complexity index is 161. The van der Waals surface area contributed by atoms with Gasteiger partial charge < -0.3 is 15.8 Å². The van der Waals surface area contributed by atoms with Crippen molar-refractivity contribution in [1.29, 1.82) is 0 Å². The van der Waals surface area contributed by atoms with Crippen LogP contribution in [-0.4, -0.2) is 30.7 Å². The van der Waals surface area contributed by atoms with Crippen LogP contribution in [0.1, 0.15) is 27.7 Å². The Morgan fingerprint density at radius 1 is 1.54 bits per heavy atom. The molecule has 0 rings (SSSR count). The van der Waals surface area contributed by atoms with Gasteiger partial charge in [-0.2, -0.15) is 0 Å². The molecule has 4 heteroatoms. The minimum atomic E-state index is -0.200. The first-order valence-electron chi connectivity index (χ1n) is 4.45. The minimum absolute atomic E-state index is 0.0255. The summed E-state index contributed by atoms with van der Waals surface area (Å²) in [5.74, 6) is -0.104. The van der Waals surface area contributed by atoms with Crippen LogP contribution in [0.5, 0.6) is 0 Å². The average molecular weight is 188 g/mol. The third-order valence-electron chi connectivity index (χ3n) is 1.13. The van der Waals surface area contributed by atoms with Gasteiger partial charge in [0, 0.05) is 11.6 Å². The molecule has 0 saturated carbocycles. The number of ether oxygens (including phenoxy) is 1. The summed E-state index contributed by atoms with van der Waals surface area (Å²) in [6.07, 6.45) is 0. The van der Waals surface area contributed by atoms with Gasteiger partial charge in [-0.15, -0.1) is 0 Å². The number of hydrogen-bond acceptors (Lipinski definition) is 3. The first-order valence-corrected chi connectivity index (χ1v) is 4.45. The predicted molar refractivity (Wildman–Crippen MR) is 52.4 cm³/mol. The smallest absolute Gasteiger partial charge is 0.246 e. The number of rotatable bonds is 4. The second kappa shape index (κ2) is 5.19. The molecular weight excluding hydrogens is 168 g/mol. The summed E-state index contributed by atoms with van der Waals surface area (Å²) in [5, 5.41) is 2.79. The summed E-state index contributed by atoms with van der Waals surface area (Å²) >= 11 is 0. The van der Waals surface area contributed by atoms with Gasteiger partial charge in [0.25, 0.3) is 0 Å². The molecule has 0 aliphatic rings. The van der Waals surface area contributed by atoms with E-state index in [-0.39, 0.29) is 24.1 Å². The van der Waals surface area contributed by atoms with Crippen LogP contribution >= 0.6 is 0 Å². The Balaban J connectivity index is 3.53. The summed E-state index contributed by atoms with van der Waals surface area (Å²) in [5.41, 5.74) is 5.25. The molecule has 0 heterocycles. The van der Waals surface area contributed by atoms with E-state index in [1.165, 1.54) is 0 Å². The minimum Gasteiger partial charge on any atom is -0.370 e. The number of carbonyl (C=O) groups excluding carboxylic acids is 1. The average Bonchev–Trinajstić information content (AvgIpc) is 1.81. The molecule has 0 radical (unpaired) electrons. The Morgan fingerprint density at radius 2 is 2.08 bits per heavy atom. The van der Waals surface area contributed by atoms with Crippen LogP contribution in [0, 0.1) is 0 Å². The van der Waals surface area contributed by atoms with E-state index in [1.54, 1.807) is 0 Å². The van der Waals surface area contributed by atoms with Crippen LogP contribution in [0.2, 0.25) is 0 Å². The van der Waals surface area contributed by atoms with Gasteiger partial charge in [-0.25, -0.2) is 0 Å². The highest BCUT2D eigenvalue weighted by Crippen LogP contribution is 1.97. The first-order chi connectivity index (χ1) is 5.81. The Morgan fingerprint density at radius 3 is 2.46 bits per heavy atom. The zero-order valence-corrected chi connectivity index (χ0v) is 8.89. The van der Waals surface area contributed by atoms with Crippen LogP contribution in [-0.2, 0) is 9.53 Å². The van der Waals surface area contributed by atoms with Gasteiger partial charge in [0.05, 0.1) is 6.61 Å². The maximum Gasteiger partial charge on any atom is 0.246 e. The van der Waals surface area contributed by atoms with Gasteiger partial charge in [-0.3, -0.25) is 4.79 Å². The number of nitrogens with two attached hydrogens (primary N) is 1. The highest BCUT2D eigenvalue weighted by atomic mass is 16.5. The van der Waals surface area contributed by atoms with Crippen LogP contribution in [0.3, 0.4) is 0 Å². The van der Waals surface area contributed by atoms with E-state index in [1.807, 2.05) is 27.7 Å². The van der Waals surface area contributed by atoms with Crippen molar-refractivity contribution in [3.05, 3.63) is 0 Å². The van der Waals surface area contributed by atoms with Crippen LogP contribution in [0.4, 0.5) is 0 Å². The molecule has 3 N–H and O–H groups in total. The molecule has 0 fully saturated rings. The molecule has 78 valence electrons. The second-order valence-electron chi connectivity index (χ2n) is 4.29. The number of nitrogens with one attached hydrogen (secondary N) is 1. The van der Waals surface area contributed by atoms with Crippen molar-refractivity contribution in [2.75, 3.05) is 13.2 Å². The van der Waals surface area contributed by atoms with E-state index in [0.29, 0.717) is 6.61 Å². The molecule has 13 heavy (non-hydrogen) atoms. The van der Waals surface area contributed by atoms with Gasteiger partial charge in [0.2, 0.25) is 5.91 Å². The van der Waals surface area contributed by atoms with Gasteiger partial charge in [-0.1, -0.05) is 0 Å². The highest BCUT2D eigenvalue weighted by molar-refractivity contribution is 5.77. The van der Waals surface area contributed by atoms with Crippen LogP contribution in [0.25, 0.3) is 0 Å². The lowest BCUT2D eigenvalue weighted by molar-refractivity contribution is -0.127. The first kappa shape index (κ1) is 12.4. The fourth-order valence-corrected chi connectivity index (χ4v) is 0.792. The van der Waals surface area contributed by atoms with E-state index in [2.05, 4.69) is 5.32 Å². The summed E-state index contributed by atoms with van der Waals surface area (Å²) in [4.78, 5) is 11.2. The molecule has 0 aromatic heterocycles. The molecule has 1 amide bonds. The summed E-state index contributed by atoms with van der Waals surface area (Å²) < 4.78 is 5.07. The molecule has 4 nitrogen and oxygen atoms in total. The topological polar surface area (TPSA) is 64.3 Å². The molecular formula is C9H20N2O2. The van der Waals surface area contributed by atoms with Crippen molar-refractivity contribution >= 4 is 5.91 Å². The molecule has 0 aromatic rings. The maximum atomic E-state index is 11.2. The van der Waals surface area contributed by atoms with Gasteiger partial charge in [0.15, 0.2) is 0 Å². The predicted octanol–water partition coefficient (Wildman–Crippen LogP) is 0.265. The van der Waals surface area contributed by atoms with Crippen LogP contribution in [0.15, 0.2) is 0 Å². The molecule has 1 atom stereocenters. The van der Waals surface area contributed by atoms with Crippen LogP contribution < -0.4 is 11.1 Å². The maximum absolute atomic E-state index is 11.2. The number of carbonyl (C=O) groups is 1. The Kier molecular flexibility index (Phi) is 4.95. The van der Waals surface area contributed by atoms with Crippen molar-refractivity contribution in [2.24, 2.45) is 5.73 Å². The summed E-state index contributed by atoms with van der Waals surface area (Å²) in [6, 6.07) is -0.0255. The van der Waals surface area contributed by atoms with Gasteiger partial charge in [0.1, 0.15) is 6.61 Å². The molecule has 0 spiro atoms. The van der Waals surface area contributed by atoms with E-state index >= 15 is 0 Å². The molecule has 0 aliphatic carbocycles. The lowest BCUT2D eigenvalue weighted by Crippen LogP contribution is -2.42. The largest absolute Gasteiger partial charge is 0.370 e. The Hall–Kier alpha value is -0.610. The molecule has 0 unspecified atom stereocenters. The fraction of sp³-hybridized carbons (Fsp3) is 0.889. The second-order valence-corrected chi connectivity index (χ2v) is 4.29.